The van der Waals surface area contributed by atoms with Crippen LogP contribution in [0.5, 0.6) is 0 Å². The molecule has 0 aliphatic carbocycles. The fourth-order valence-corrected chi connectivity index (χ4v) is 3.33. The third-order valence-corrected chi connectivity index (χ3v) is 4.25. The normalized spacial score (nSPS) is 17.8. The standard InChI is InChI=1S/C11H16ClN3O2S/c1-2-17-6-3-5-13-10-9-8(4-7-18(9)16)14-11(12)15-10/h2-7H2,1H3,(H,13,14,15). The maximum absolute atomic E-state index is 11.9. The third-order valence-electron chi connectivity index (χ3n) is 2.62. The zero-order chi connectivity index (χ0) is 13.0. The van der Waals surface area contributed by atoms with E-state index in [1.165, 1.54) is 0 Å². The molecule has 0 saturated carbocycles. The summed E-state index contributed by atoms with van der Waals surface area (Å²) < 4.78 is 17.1. The van der Waals surface area contributed by atoms with Crippen molar-refractivity contribution in [2.45, 2.75) is 24.7 Å². The average molecular weight is 290 g/mol. The van der Waals surface area contributed by atoms with Gasteiger partial charge >= 0.3 is 0 Å². The summed E-state index contributed by atoms with van der Waals surface area (Å²) in [6.45, 7) is 4.11. The lowest BCUT2D eigenvalue weighted by atomic mass is 10.3. The van der Waals surface area contributed by atoms with E-state index in [-0.39, 0.29) is 5.28 Å². The van der Waals surface area contributed by atoms with Gasteiger partial charge in [0, 0.05) is 31.9 Å². The highest BCUT2D eigenvalue weighted by molar-refractivity contribution is 7.85. The SMILES string of the molecule is CCOCCCNc1nc(Cl)nc2c1S(=O)CC2. The molecular formula is C11H16ClN3O2S. The molecule has 1 atom stereocenters. The lowest BCUT2D eigenvalue weighted by molar-refractivity contribution is 0.147. The van der Waals surface area contributed by atoms with Crippen molar-refractivity contribution in [3.8, 4) is 0 Å². The van der Waals surface area contributed by atoms with E-state index in [1.54, 1.807) is 0 Å². The second kappa shape index (κ2) is 6.45. The number of aromatic nitrogens is 2. The minimum atomic E-state index is -1.00. The minimum Gasteiger partial charge on any atom is -0.382 e. The molecule has 0 fully saturated rings. The number of ether oxygens (including phenoxy) is 1. The number of aryl methyl sites for hydroxylation is 1. The Balaban J connectivity index is 2.02. The molecule has 0 aromatic carbocycles. The predicted octanol–water partition coefficient (Wildman–Crippen LogP) is 1.63. The van der Waals surface area contributed by atoms with Gasteiger partial charge in [0.1, 0.15) is 10.7 Å². The topological polar surface area (TPSA) is 64.1 Å². The van der Waals surface area contributed by atoms with Crippen molar-refractivity contribution in [2.75, 3.05) is 30.8 Å². The molecule has 100 valence electrons. The van der Waals surface area contributed by atoms with Crippen molar-refractivity contribution in [1.29, 1.82) is 0 Å². The van der Waals surface area contributed by atoms with Crippen LogP contribution in [0.2, 0.25) is 5.28 Å². The second-order valence-corrected chi connectivity index (χ2v) is 5.74. The Labute approximate surface area is 114 Å². The van der Waals surface area contributed by atoms with Gasteiger partial charge in [-0.1, -0.05) is 0 Å². The van der Waals surface area contributed by atoms with Crippen LogP contribution in [0, 0.1) is 0 Å². The molecule has 18 heavy (non-hydrogen) atoms. The molecule has 1 aliphatic rings. The number of anilines is 1. The third kappa shape index (κ3) is 3.18. The van der Waals surface area contributed by atoms with Crippen molar-refractivity contribution in [3.05, 3.63) is 11.0 Å². The molecule has 1 aromatic rings. The van der Waals surface area contributed by atoms with Gasteiger partial charge in [-0.15, -0.1) is 0 Å². The van der Waals surface area contributed by atoms with E-state index in [0.717, 1.165) is 30.2 Å². The number of hydrogen-bond acceptors (Lipinski definition) is 5. The van der Waals surface area contributed by atoms with E-state index >= 15 is 0 Å². The zero-order valence-corrected chi connectivity index (χ0v) is 11.8. The first kappa shape index (κ1) is 13.7. The van der Waals surface area contributed by atoms with Crippen molar-refractivity contribution in [3.63, 3.8) is 0 Å². The molecule has 0 radical (unpaired) electrons. The van der Waals surface area contributed by atoms with Crippen LogP contribution >= 0.6 is 11.6 Å². The Morgan fingerprint density at radius 2 is 2.33 bits per heavy atom. The average Bonchev–Trinajstić information content (AvgIpc) is 2.70. The highest BCUT2D eigenvalue weighted by Gasteiger charge is 2.25. The Hall–Kier alpha value is -0.720. The fourth-order valence-electron chi connectivity index (χ4n) is 1.81. The first-order valence-electron chi connectivity index (χ1n) is 5.98. The number of fused-ring (bicyclic) bond motifs is 1. The predicted molar refractivity (Wildman–Crippen MR) is 71.6 cm³/mol. The molecule has 2 rings (SSSR count). The van der Waals surface area contributed by atoms with Crippen molar-refractivity contribution >= 4 is 28.2 Å². The summed E-state index contributed by atoms with van der Waals surface area (Å²) in [5, 5.41) is 3.37. The molecule has 1 aliphatic heterocycles. The highest BCUT2D eigenvalue weighted by atomic mass is 35.5. The molecule has 0 bridgehead atoms. The molecule has 1 unspecified atom stereocenters. The largest absolute Gasteiger partial charge is 0.382 e. The number of nitrogens with zero attached hydrogens (tertiary/aromatic N) is 2. The maximum Gasteiger partial charge on any atom is 0.224 e. The summed E-state index contributed by atoms with van der Waals surface area (Å²) in [7, 11) is -1.00. The van der Waals surface area contributed by atoms with Gasteiger partial charge in [0.05, 0.1) is 16.5 Å². The first-order chi connectivity index (χ1) is 8.72. The fraction of sp³-hybridized carbons (Fsp3) is 0.636. The van der Waals surface area contributed by atoms with Gasteiger partial charge in [0.15, 0.2) is 0 Å². The summed E-state index contributed by atoms with van der Waals surface area (Å²) in [5.41, 5.74) is 0.806. The van der Waals surface area contributed by atoms with E-state index in [4.69, 9.17) is 16.3 Å². The van der Waals surface area contributed by atoms with Crippen molar-refractivity contribution < 1.29 is 8.95 Å². The number of rotatable bonds is 6. The lowest BCUT2D eigenvalue weighted by Crippen LogP contribution is -2.10. The van der Waals surface area contributed by atoms with E-state index in [0.29, 0.717) is 24.6 Å². The van der Waals surface area contributed by atoms with Gasteiger partial charge in [-0.25, -0.2) is 4.98 Å². The van der Waals surface area contributed by atoms with Crippen LogP contribution in [0.25, 0.3) is 0 Å². The lowest BCUT2D eigenvalue weighted by Gasteiger charge is -2.09. The quantitative estimate of drug-likeness (QED) is 0.637. The maximum atomic E-state index is 11.9. The summed E-state index contributed by atoms with van der Waals surface area (Å²) in [5.74, 6) is 1.22. The summed E-state index contributed by atoms with van der Waals surface area (Å²) >= 11 is 5.85. The summed E-state index contributed by atoms with van der Waals surface area (Å²) in [6, 6.07) is 0. The molecule has 0 amide bonds. The van der Waals surface area contributed by atoms with Gasteiger partial charge in [0.25, 0.3) is 0 Å². The molecule has 7 heteroatoms. The molecular weight excluding hydrogens is 274 g/mol. The molecule has 1 aromatic heterocycles. The van der Waals surface area contributed by atoms with Gasteiger partial charge in [-0.05, 0) is 24.9 Å². The van der Waals surface area contributed by atoms with Crippen LogP contribution in [-0.4, -0.2) is 39.7 Å². The van der Waals surface area contributed by atoms with Crippen LogP contribution in [0.1, 0.15) is 19.0 Å². The van der Waals surface area contributed by atoms with Gasteiger partial charge < -0.3 is 10.1 Å². The Bertz CT molecular complexity index is 456. The van der Waals surface area contributed by atoms with E-state index < -0.39 is 10.8 Å². The van der Waals surface area contributed by atoms with Gasteiger partial charge in [0.2, 0.25) is 5.28 Å². The number of hydrogen-bond donors (Lipinski definition) is 1. The Morgan fingerprint density at radius 3 is 3.11 bits per heavy atom. The monoisotopic (exact) mass is 289 g/mol. The first-order valence-corrected chi connectivity index (χ1v) is 7.68. The van der Waals surface area contributed by atoms with E-state index in [9.17, 15) is 4.21 Å². The van der Waals surface area contributed by atoms with Gasteiger partial charge in [-0.2, -0.15) is 4.98 Å². The van der Waals surface area contributed by atoms with E-state index in [1.807, 2.05) is 6.92 Å². The van der Waals surface area contributed by atoms with E-state index in [2.05, 4.69) is 15.3 Å². The van der Waals surface area contributed by atoms with Gasteiger partial charge in [-0.3, -0.25) is 4.21 Å². The minimum absolute atomic E-state index is 0.208. The second-order valence-electron chi connectivity index (χ2n) is 3.89. The van der Waals surface area contributed by atoms with Crippen molar-refractivity contribution in [2.24, 2.45) is 0 Å². The zero-order valence-electron chi connectivity index (χ0n) is 10.2. The van der Waals surface area contributed by atoms with Crippen LogP contribution < -0.4 is 5.32 Å². The molecule has 0 spiro atoms. The molecule has 1 N–H and O–H groups in total. The highest BCUT2D eigenvalue weighted by Crippen LogP contribution is 2.28. The van der Waals surface area contributed by atoms with Crippen LogP contribution in [0.15, 0.2) is 4.90 Å². The molecule has 5 nitrogen and oxygen atoms in total. The molecule has 0 saturated heterocycles. The number of nitrogens with one attached hydrogen (secondary N) is 1. The molecule has 2 heterocycles. The van der Waals surface area contributed by atoms with Crippen LogP contribution in [-0.2, 0) is 22.0 Å². The summed E-state index contributed by atoms with van der Waals surface area (Å²) in [4.78, 5) is 8.96. The number of halogens is 1. The van der Waals surface area contributed by atoms with Crippen LogP contribution in [0.3, 0.4) is 0 Å². The van der Waals surface area contributed by atoms with Crippen molar-refractivity contribution in [1.82, 2.24) is 9.97 Å². The smallest absolute Gasteiger partial charge is 0.224 e. The van der Waals surface area contributed by atoms with Crippen LogP contribution in [0.4, 0.5) is 5.82 Å². The Kier molecular flexibility index (Phi) is 4.91. The Morgan fingerprint density at radius 1 is 1.50 bits per heavy atom. The summed E-state index contributed by atoms with van der Waals surface area (Å²) in [6.07, 6.45) is 1.58.